The lowest BCUT2D eigenvalue weighted by molar-refractivity contribution is -0.128. The molecule has 0 radical (unpaired) electrons. The summed E-state index contributed by atoms with van der Waals surface area (Å²) < 4.78 is 6.08. The summed E-state index contributed by atoms with van der Waals surface area (Å²) in [4.78, 5) is 19.2. The number of hydrogen-bond acceptors (Lipinski definition) is 3. The third-order valence-electron chi connectivity index (χ3n) is 4.70. The average Bonchev–Trinajstić information content (AvgIpc) is 2.67. The molecule has 7 heteroatoms. The maximum absolute atomic E-state index is 12.2. The van der Waals surface area contributed by atoms with Crippen LogP contribution in [0.1, 0.15) is 40.5 Å². The maximum Gasteiger partial charge on any atom is 0.227 e. The van der Waals surface area contributed by atoms with Gasteiger partial charge in [-0.1, -0.05) is 18.2 Å². The van der Waals surface area contributed by atoms with Gasteiger partial charge in [0.15, 0.2) is 5.96 Å². The largest absolute Gasteiger partial charge is 0.490 e. The van der Waals surface area contributed by atoms with Crippen LogP contribution in [0.5, 0.6) is 5.75 Å². The molecule has 0 aliphatic carbocycles. The van der Waals surface area contributed by atoms with Gasteiger partial charge in [0.1, 0.15) is 11.9 Å². The molecule has 0 saturated carbocycles. The molecule has 1 aromatic carbocycles. The number of nitrogens with zero attached hydrogens (tertiary/aromatic N) is 2. The molecule has 158 valence electrons. The highest BCUT2D eigenvalue weighted by Gasteiger charge is 2.28. The number of amides is 1. The lowest BCUT2D eigenvalue weighted by Crippen LogP contribution is -2.48. The number of carbonyl (C=O) groups excluding carboxylic acids is 1. The van der Waals surface area contributed by atoms with Gasteiger partial charge in [-0.15, -0.1) is 24.0 Å². The molecule has 0 bridgehead atoms. The Labute approximate surface area is 186 Å². The molecular formula is C21H35IN4O2. The average molecular weight is 502 g/mol. The number of carbonyl (C=O) groups is 1. The third-order valence-corrected chi connectivity index (χ3v) is 4.70. The quantitative estimate of drug-likeness (QED) is 0.341. The number of benzene rings is 1. The van der Waals surface area contributed by atoms with E-state index < -0.39 is 5.41 Å². The lowest BCUT2D eigenvalue weighted by Gasteiger charge is -2.34. The van der Waals surface area contributed by atoms with E-state index in [0.717, 1.165) is 44.2 Å². The fourth-order valence-corrected chi connectivity index (χ4v) is 3.05. The van der Waals surface area contributed by atoms with E-state index in [1.54, 1.807) is 0 Å². The third kappa shape index (κ3) is 7.48. The number of ether oxygens (including phenoxy) is 1. The zero-order valence-electron chi connectivity index (χ0n) is 17.5. The molecule has 0 aromatic heterocycles. The summed E-state index contributed by atoms with van der Waals surface area (Å²) in [6, 6.07) is 9.99. The van der Waals surface area contributed by atoms with E-state index in [4.69, 9.17) is 9.73 Å². The van der Waals surface area contributed by atoms with Gasteiger partial charge < -0.3 is 20.3 Å². The SMILES string of the molecule is CCNC(=O)C(C)(C)CN=C(NCC)N1CCC(Oc2ccccc2)CC1.I. The van der Waals surface area contributed by atoms with Crippen LogP contribution in [0.4, 0.5) is 0 Å². The Bertz CT molecular complexity index is 614. The molecule has 0 atom stereocenters. The number of likely N-dealkylation sites (tertiary alicyclic amines) is 1. The molecule has 1 aliphatic rings. The fraction of sp³-hybridized carbons (Fsp3) is 0.619. The van der Waals surface area contributed by atoms with E-state index in [-0.39, 0.29) is 36.0 Å². The van der Waals surface area contributed by atoms with Gasteiger partial charge >= 0.3 is 0 Å². The summed E-state index contributed by atoms with van der Waals surface area (Å²) in [7, 11) is 0. The second-order valence-corrected chi connectivity index (χ2v) is 7.53. The van der Waals surface area contributed by atoms with Crippen molar-refractivity contribution in [2.24, 2.45) is 10.4 Å². The summed E-state index contributed by atoms with van der Waals surface area (Å²) in [6.45, 7) is 11.6. The van der Waals surface area contributed by atoms with Crippen LogP contribution < -0.4 is 15.4 Å². The Hall–Kier alpha value is -1.51. The number of guanidine groups is 1. The van der Waals surface area contributed by atoms with Crippen molar-refractivity contribution in [1.82, 2.24) is 15.5 Å². The summed E-state index contributed by atoms with van der Waals surface area (Å²) in [5.74, 6) is 1.85. The standard InChI is InChI=1S/C21H34N4O2.HI/c1-5-22-19(26)21(3,4)16-24-20(23-6-2)25-14-12-18(13-15-25)27-17-10-8-7-9-11-17;/h7-11,18H,5-6,12-16H2,1-4H3,(H,22,26)(H,23,24);1H. The minimum Gasteiger partial charge on any atom is -0.490 e. The topological polar surface area (TPSA) is 66.0 Å². The first-order valence-corrected chi connectivity index (χ1v) is 9.99. The summed E-state index contributed by atoms with van der Waals surface area (Å²) >= 11 is 0. The van der Waals surface area contributed by atoms with Crippen LogP contribution in [0.15, 0.2) is 35.3 Å². The van der Waals surface area contributed by atoms with Crippen molar-refractivity contribution in [3.8, 4) is 5.75 Å². The van der Waals surface area contributed by atoms with Crippen LogP contribution in [0, 0.1) is 5.41 Å². The Balaban J connectivity index is 0.00000392. The van der Waals surface area contributed by atoms with Gasteiger partial charge in [0.05, 0.1) is 12.0 Å². The predicted octanol–water partition coefficient (Wildman–Crippen LogP) is 3.28. The highest BCUT2D eigenvalue weighted by atomic mass is 127. The van der Waals surface area contributed by atoms with Gasteiger partial charge in [-0.2, -0.15) is 0 Å². The van der Waals surface area contributed by atoms with Gasteiger partial charge in [-0.25, -0.2) is 0 Å². The lowest BCUT2D eigenvalue weighted by atomic mass is 9.92. The molecule has 1 saturated heterocycles. The van der Waals surface area contributed by atoms with Crippen LogP contribution in [-0.4, -0.2) is 55.6 Å². The second kappa shape index (κ2) is 12.1. The minimum atomic E-state index is -0.522. The molecule has 2 N–H and O–H groups in total. The molecule has 2 rings (SSSR count). The van der Waals surface area contributed by atoms with Crippen LogP contribution >= 0.6 is 24.0 Å². The summed E-state index contributed by atoms with van der Waals surface area (Å²) in [5, 5.41) is 6.26. The highest BCUT2D eigenvalue weighted by Crippen LogP contribution is 2.20. The van der Waals surface area contributed by atoms with E-state index in [0.29, 0.717) is 13.1 Å². The van der Waals surface area contributed by atoms with Crippen LogP contribution in [-0.2, 0) is 4.79 Å². The summed E-state index contributed by atoms with van der Waals surface area (Å²) in [5.41, 5.74) is -0.522. The molecule has 1 fully saturated rings. The monoisotopic (exact) mass is 502 g/mol. The number of hydrogen-bond donors (Lipinski definition) is 2. The van der Waals surface area contributed by atoms with Crippen LogP contribution in [0.2, 0.25) is 0 Å². The van der Waals surface area contributed by atoms with Gasteiger partial charge in [-0.3, -0.25) is 9.79 Å². The molecular weight excluding hydrogens is 467 g/mol. The van der Waals surface area contributed by atoms with Gasteiger partial charge in [-0.05, 0) is 39.8 Å². The first-order valence-electron chi connectivity index (χ1n) is 9.99. The highest BCUT2D eigenvalue weighted by molar-refractivity contribution is 14.0. The molecule has 6 nitrogen and oxygen atoms in total. The molecule has 0 unspecified atom stereocenters. The second-order valence-electron chi connectivity index (χ2n) is 7.53. The molecule has 1 heterocycles. The number of para-hydroxylation sites is 1. The zero-order chi connectivity index (χ0) is 19.7. The van der Waals surface area contributed by atoms with Gasteiger partial charge in [0.25, 0.3) is 0 Å². The first kappa shape index (κ1) is 24.5. The molecule has 1 amide bonds. The Morgan fingerprint density at radius 3 is 2.32 bits per heavy atom. The number of piperidine rings is 1. The maximum atomic E-state index is 12.2. The van der Waals surface area contributed by atoms with E-state index >= 15 is 0 Å². The van der Waals surface area contributed by atoms with Crippen molar-refractivity contribution >= 4 is 35.8 Å². The number of nitrogens with one attached hydrogen (secondary N) is 2. The zero-order valence-corrected chi connectivity index (χ0v) is 19.9. The fourth-order valence-electron chi connectivity index (χ4n) is 3.05. The molecule has 1 aliphatic heterocycles. The Morgan fingerprint density at radius 2 is 1.75 bits per heavy atom. The Morgan fingerprint density at radius 1 is 1.14 bits per heavy atom. The van der Waals surface area contributed by atoms with Crippen LogP contribution in [0.3, 0.4) is 0 Å². The van der Waals surface area contributed by atoms with Crippen molar-refractivity contribution < 1.29 is 9.53 Å². The van der Waals surface area contributed by atoms with Crippen molar-refractivity contribution in [2.45, 2.75) is 46.6 Å². The van der Waals surface area contributed by atoms with E-state index in [2.05, 4.69) is 22.5 Å². The summed E-state index contributed by atoms with van der Waals surface area (Å²) in [6.07, 6.45) is 2.15. The normalized spacial score (nSPS) is 15.6. The first-order chi connectivity index (χ1) is 13.0. The predicted molar refractivity (Wildman–Crippen MR) is 126 cm³/mol. The number of rotatable bonds is 7. The number of aliphatic imine (C=N–C) groups is 1. The molecule has 28 heavy (non-hydrogen) atoms. The van der Waals surface area contributed by atoms with Gasteiger partial charge in [0, 0.05) is 39.0 Å². The Kier molecular flexibility index (Phi) is 10.6. The van der Waals surface area contributed by atoms with Crippen molar-refractivity contribution in [3.05, 3.63) is 30.3 Å². The molecule has 1 aromatic rings. The number of halogens is 1. The van der Waals surface area contributed by atoms with E-state index in [1.165, 1.54) is 0 Å². The van der Waals surface area contributed by atoms with Crippen molar-refractivity contribution in [3.63, 3.8) is 0 Å². The van der Waals surface area contributed by atoms with Crippen molar-refractivity contribution in [2.75, 3.05) is 32.7 Å². The van der Waals surface area contributed by atoms with E-state index in [1.807, 2.05) is 51.1 Å². The van der Waals surface area contributed by atoms with Crippen LogP contribution in [0.25, 0.3) is 0 Å². The molecule has 0 spiro atoms. The van der Waals surface area contributed by atoms with E-state index in [9.17, 15) is 4.79 Å². The minimum absolute atomic E-state index is 0. The van der Waals surface area contributed by atoms with Gasteiger partial charge in [0.2, 0.25) is 5.91 Å². The van der Waals surface area contributed by atoms with Crippen molar-refractivity contribution in [1.29, 1.82) is 0 Å². The smallest absolute Gasteiger partial charge is 0.227 e.